The molecular formula is C21H26ClN2O2-. The van der Waals surface area contributed by atoms with Gasteiger partial charge >= 0.3 is 0 Å². The Morgan fingerprint density at radius 2 is 2.04 bits per heavy atom. The van der Waals surface area contributed by atoms with Gasteiger partial charge in [0.1, 0.15) is 0 Å². The van der Waals surface area contributed by atoms with Gasteiger partial charge in [-0.15, -0.1) is 24.2 Å². The molecule has 1 aromatic rings. The number of rotatable bonds is 4. The van der Waals surface area contributed by atoms with Gasteiger partial charge in [-0.1, -0.05) is 39.0 Å². The number of amides is 1. The van der Waals surface area contributed by atoms with E-state index in [9.17, 15) is 9.59 Å². The van der Waals surface area contributed by atoms with Crippen LogP contribution in [-0.4, -0.2) is 30.7 Å². The van der Waals surface area contributed by atoms with Gasteiger partial charge in [-0.05, 0) is 34.8 Å². The van der Waals surface area contributed by atoms with Crippen molar-refractivity contribution in [1.82, 2.24) is 0 Å². The molecule has 1 saturated carbocycles. The average Bonchev–Trinajstić information content (AvgIpc) is 2.61. The molecule has 5 heteroatoms. The Morgan fingerprint density at radius 3 is 2.62 bits per heavy atom. The second kappa shape index (κ2) is 6.50. The lowest BCUT2D eigenvalue weighted by molar-refractivity contribution is -0.105. The van der Waals surface area contributed by atoms with E-state index >= 15 is 0 Å². The van der Waals surface area contributed by atoms with Gasteiger partial charge < -0.3 is 10.6 Å². The summed E-state index contributed by atoms with van der Waals surface area (Å²) in [5.74, 6) is -0.158. The number of carbonyl (C=O) groups is 2. The Morgan fingerprint density at radius 1 is 1.35 bits per heavy atom. The van der Waals surface area contributed by atoms with Gasteiger partial charge in [-0.25, -0.2) is 0 Å². The number of hydrogen-bond acceptors (Lipinski definition) is 2. The minimum absolute atomic E-state index is 0.0431. The Kier molecular flexibility index (Phi) is 4.78. The molecule has 2 aliphatic carbocycles. The van der Waals surface area contributed by atoms with Crippen molar-refractivity contribution in [2.24, 2.45) is 17.3 Å². The molecule has 1 amide bonds. The molecule has 140 valence electrons. The van der Waals surface area contributed by atoms with Gasteiger partial charge in [0.05, 0.1) is 5.69 Å². The SMILES string of the molecule is C=C[C@@]1(C)[C@H](Cl)C[C@H]2C(C(=O)c3c(NC=O)cccc3C2(C)C)[C@@H]1[N-]C. The number of fused-ring (bicyclic) bond motifs is 2. The number of nitrogens with one attached hydrogen (secondary N) is 1. The van der Waals surface area contributed by atoms with E-state index in [0.717, 1.165) is 12.0 Å². The molecule has 0 bridgehead atoms. The molecule has 0 aromatic heterocycles. The Hall–Kier alpha value is -1.65. The fourth-order valence-electron chi connectivity index (χ4n) is 5.08. The molecule has 1 fully saturated rings. The lowest BCUT2D eigenvalue weighted by Crippen LogP contribution is -2.59. The first kappa shape index (κ1) is 19.1. The van der Waals surface area contributed by atoms with E-state index in [4.69, 9.17) is 11.6 Å². The lowest BCUT2D eigenvalue weighted by Gasteiger charge is -2.61. The minimum Gasteiger partial charge on any atom is -0.661 e. The first-order valence-corrected chi connectivity index (χ1v) is 9.42. The molecule has 4 nitrogen and oxygen atoms in total. The van der Waals surface area contributed by atoms with Crippen LogP contribution >= 0.6 is 11.6 Å². The van der Waals surface area contributed by atoms with Gasteiger partial charge in [0.15, 0.2) is 5.78 Å². The molecule has 0 heterocycles. The first-order chi connectivity index (χ1) is 12.2. The molecule has 0 aliphatic heterocycles. The Labute approximate surface area is 160 Å². The topological polar surface area (TPSA) is 60.3 Å². The first-order valence-electron chi connectivity index (χ1n) is 8.98. The van der Waals surface area contributed by atoms with E-state index < -0.39 is 5.41 Å². The monoisotopic (exact) mass is 373 g/mol. The van der Waals surface area contributed by atoms with Gasteiger partial charge in [0, 0.05) is 16.9 Å². The number of carbonyl (C=O) groups excluding carboxylic acids is 2. The number of anilines is 1. The van der Waals surface area contributed by atoms with Crippen LogP contribution in [0.25, 0.3) is 5.32 Å². The number of Topliss-reactive ketones (excluding diaryl/α,β-unsaturated/α-hetero) is 1. The second-order valence-corrected chi connectivity index (χ2v) is 8.71. The van der Waals surface area contributed by atoms with E-state index in [1.165, 1.54) is 0 Å². The smallest absolute Gasteiger partial charge is 0.211 e. The molecule has 3 rings (SSSR count). The van der Waals surface area contributed by atoms with Crippen molar-refractivity contribution >= 4 is 29.5 Å². The summed E-state index contributed by atoms with van der Waals surface area (Å²) >= 11 is 6.80. The number of halogens is 1. The third kappa shape index (κ3) is 2.46. The predicted molar refractivity (Wildman–Crippen MR) is 106 cm³/mol. The van der Waals surface area contributed by atoms with E-state index in [2.05, 4.69) is 31.1 Å². The quantitative estimate of drug-likeness (QED) is 0.478. The van der Waals surface area contributed by atoms with Crippen LogP contribution in [0.3, 0.4) is 0 Å². The van der Waals surface area contributed by atoms with Crippen LogP contribution in [-0.2, 0) is 10.2 Å². The maximum absolute atomic E-state index is 13.6. The highest BCUT2D eigenvalue weighted by Gasteiger charge is 2.56. The summed E-state index contributed by atoms with van der Waals surface area (Å²) < 4.78 is 0. The zero-order chi connectivity index (χ0) is 19.3. The van der Waals surface area contributed by atoms with Crippen molar-refractivity contribution < 1.29 is 9.59 Å². The number of hydrogen-bond donors (Lipinski definition) is 1. The van der Waals surface area contributed by atoms with Crippen LogP contribution in [0.1, 0.15) is 43.1 Å². The van der Waals surface area contributed by atoms with Crippen molar-refractivity contribution in [3.63, 3.8) is 0 Å². The zero-order valence-corrected chi connectivity index (χ0v) is 16.5. The second-order valence-electron chi connectivity index (χ2n) is 8.18. The Bertz CT molecular complexity index is 760. The molecule has 5 atom stereocenters. The average molecular weight is 374 g/mol. The summed E-state index contributed by atoms with van der Waals surface area (Å²) in [6, 6.07) is 5.41. The summed E-state index contributed by atoms with van der Waals surface area (Å²) in [6.07, 6.45) is 3.20. The van der Waals surface area contributed by atoms with Gasteiger partial charge in [-0.3, -0.25) is 9.59 Å². The Balaban J connectivity index is 2.24. The fraction of sp³-hybridized carbons (Fsp3) is 0.524. The maximum Gasteiger partial charge on any atom is 0.211 e. The van der Waals surface area contributed by atoms with Gasteiger partial charge in [-0.2, -0.15) is 7.05 Å². The van der Waals surface area contributed by atoms with Crippen LogP contribution in [0.5, 0.6) is 0 Å². The molecule has 26 heavy (non-hydrogen) atoms. The summed E-state index contributed by atoms with van der Waals surface area (Å²) in [7, 11) is 1.75. The summed E-state index contributed by atoms with van der Waals surface area (Å²) in [6.45, 7) is 10.3. The molecular weight excluding hydrogens is 348 g/mol. The molecule has 2 aliphatic rings. The molecule has 0 saturated heterocycles. The largest absolute Gasteiger partial charge is 0.661 e. The lowest BCUT2D eigenvalue weighted by atomic mass is 9.50. The van der Waals surface area contributed by atoms with E-state index in [1.54, 1.807) is 13.1 Å². The van der Waals surface area contributed by atoms with Gasteiger partial charge in [0.2, 0.25) is 6.41 Å². The number of ketones is 1. The molecule has 1 aromatic carbocycles. The zero-order valence-electron chi connectivity index (χ0n) is 15.8. The summed E-state index contributed by atoms with van der Waals surface area (Å²) in [5.41, 5.74) is 1.44. The van der Waals surface area contributed by atoms with Crippen LogP contribution in [0.2, 0.25) is 0 Å². The number of nitrogens with zero attached hydrogens (tertiary/aromatic N) is 1. The fourth-order valence-corrected chi connectivity index (χ4v) is 5.49. The molecule has 1 N–H and O–H groups in total. The van der Waals surface area contributed by atoms with Crippen LogP contribution in [0.15, 0.2) is 30.9 Å². The van der Waals surface area contributed by atoms with Crippen molar-refractivity contribution in [3.8, 4) is 0 Å². The molecule has 1 unspecified atom stereocenters. The van der Waals surface area contributed by atoms with Crippen molar-refractivity contribution in [1.29, 1.82) is 0 Å². The van der Waals surface area contributed by atoms with E-state index in [1.807, 2.05) is 25.1 Å². The highest BCUT2D eigenvalue weighted by Crippen LogP contribution is 2.58. The highest BCUT2D eigenvalue weighted by molar-refractivity contribution is 6.21. The van der Waals surface area contributed by atoms with Crippen molar-refractivity contribution in [2.45, 2.75) is 44.0 Å². The third-order valence-corrected chi connectivity index (χ3v) is 7.36. The normalized spacial score (nSPS) is 35.2. The minimum atomic E-state index is -0.451. The van der Waals surface area contributed by atoms with Crippen molar-refractivity contribution in [2.75, 3.05) is 12.4 Å². The molecule has 0 spiro atoms. The van der Waals surface area contributed by atoms with Gasteiger partial charge in [0.25, 0.3) is 0 Å². The van der Waals surface area contributed by atoms with Crippen LogP contribution < -0.4 is 5.32 Å². The van der Waals surface area contributed by atoms with Crippen LogP contribution in [0, 0.1) is 17.3 Å². The third-order valence-electron chi connectivity index (χ3n) is 6.71. The van der Waals surface area contributed by atoms with Crippen molar-refractivity contribution in [3.05, 3.63) is 47.3 Å². The standard InChI is InChI=1S/C21H26ClN2O2/c1-6-21(4)15(22)10-13-17(19(21)23-5)18(26)16-12(20(13,2)3)8-7-9-14(16)24-11-25/h6-9,11,13,15,17,19H,1,10H2,2-5H3,(H,24,25)/q-1/t13-,15+,17?,19-,21-/m0/s1. The van der Waals surface area contributed by atoms with E-state index in [-0.39, 0.29) is 34.5 Å². The highest BCUT2D eigenvalue weighted by atomic mass is 35.5. The molecule has 0 radical (unpaired) electrons. The van der Waals surface area contributed by atoms with Crippen LogP contribution in [0.4, 0.5) is 5.69 Å². The maximum atomic E-state index is 13.6. The predicted octanol–water partition coefficient (Wildman–Crippen LogP) is 4.54. The summed E-state index contributed by atoms with van der Waals surface area (Å²) in [5, 5.41) is 7.16. The number of benzene rings is 1. The van der Waals surface area contributed by atoms with E-state index in [0.29, 0.717) is 17.7 Å². The number of alkyl halides is 1. The summed E-state index contributed by atoms with van der Waals surface area (Å²) in [4.78, 5) is 24.7.